The highest BCUT2D eigenvalue weighted by molar-refractivity contribution is 7.90. The van der Waals surface area contributed by atoms with E-state index in [0.29, 0.717) is 10.9 Å². The van der Waals surface area contributed by atoms with Crippen molar-refractivity contribution in [1.82, 2.24) is 13.8 Å². The van der Waals surface area contributed by atoms with Crippen LogP contribution in [0.3, 0.4) is 0 Å². The quantitative estimate of drug-likeness (QED) is 0.281. The zero-order valence-corrected chi connectivity index (χ0v) is 21.6. The molecule has 0 N–H and O–H groups in total. The van der Waals surface area contributed by atoms with Gasteiger partial charge in [-0.1, -0.05) is 17.7 Å². The van der Waals surface area contributed by atoms with E-state index >= 15 is 4.39 Å². The molecule has 0 unspecified atom stereocenters. The number of allylic oxidation sites excluding steroid dienone is 1. The van der Waals surface area contributed by atoms with Gasteiger partial charge in [-0.2, -0.15) is 5.26 Å². The molecule has 1 saturated heterocycles. The molecule has 3 aromatic rings. The summed E-state index contributed by atoms with van der Waals surface area (Å²) in [6.07, 6.45) is 2.92. The molecule has 1 aromatic heterocycles. The van der Waals surface area contributed by atoms with Crippen LogP contribution in [0.5, 0.6) is 0 Å². The molecule has 1 aliphatic rings. The van der Waals surface area contributed by atoms with Gasteiger partial charge in [-0.15, -0.1) is 0 Å². The number of hydrogen-bond acceptors (Lipinski definition) is 6. The van der Waals surface area contributed by atoms with E-state index in [1.807, 2.05) is 20.0 Å². The van der Waals surface area contributed by atoms with Gasteiger partial charge in [0.15, 0.2) is 0 Å². The molecule has 1 aliphatic heterocycles. The van der Waals surface area contributed by atoms with Crippen LogP contribution in [-0.2, 0) is 10.0 Å². The van der Waals surface area contributed by atoms with Crippen molar-refractivity contribution >= 4 is 26.7 Å². The summed E-state index contributed by atoms with van der Waals surface area (Å²) >= 11 is 0. The number of fused-ring (bicyclic) bond motifs is 1. The fourth-order valence-electron chi connectivity index (χ4n) is 4.62. The minimum absolute atomic E-state index is 0.00473. The maximum Gasteiger partial charge on any atom is 0.268 e. The molecule has 9 heteroatoms. The summed E-state index contributed by atoms with van der Waals surface area (Å²) in [6.45, 7) is 3.52. The lowest BCUT2D eigenvalue weighted by Crippen LogP contribution is -2.29. The second kappa shape index (κ2) is 9.88. The Labute approximate surface area is 211 Å². The third kappa shape index (κ3) is 4.79. The summed E-state index contributed by atoms with van der Waals surface area (Å²) in [6, 6.07) is 12.4. The van der Waals surface area contributed by atoms with Crippen LogP contribution >= 0.6 is 0 Å². The SMILES string of the molecule is Cc1ccc(S(=O)(=O)n2c(C(=O)C(C#N)=CN(C)C)cc3cc(C4CCN(C)CC4)c(F)cc32)cc1. The van der Waals surface area contributed by atoms with E-state index in [4.69, 9.17) is 0 Å². The first-order valence-electron chi connectivity index (χ1n) is 11.7. The van der Waals surface area contributed by atoms with Gasteiger partial charge >= 0.3 is 0 Å². The molecule has 188 valence electrons. The molecule has 0 bridgehead atoms. The molecular weight excluding hydrogens is 479 g/mol. The molecule has 2 heterocycles. The van der Waals surface area contributed by atoms with E-state index in [9.17, 15) is 18.5 Å². The first kappa shape index (κ1) is 25.6. The molecule has 4 rings (SSSR count). The van der Waals surface area contributed by atoms with Crippen LogP contribution in [-0.4, -0.2) is 62.2 Å². The molecule has 0 atom stereocenters. The standard InChI is InChI=1S/C27H29FN4O3S/c1-18-5-7-22(8-6-18)36(34,35)32-25-15-24(28)23(19-9-11-31(4)12-10-19)13-20(25)14-26(32)27(33)21(16-29)17-30(2)3/h5-8,13-15,17,19H,9-12H2,1-4H3. The Morgan fingerprint density at radius 1 is 1.14 bits per heavy atom. The normalized spacial score (nSPS) is 15.7. The molecule has 7 nitrogen and oxygen atoms in total. The fourth-order valence-corrected chi connectivity index (χ4v) is 6.13. The first-order valence-corrected chi connectivity index (χ1v) is 13.2. The predicted octanol–water partition coefficient (Wildman–Crippen LogP) is 4.29. The van der Waals surface area contributed by atoms with Crippen LogP contribution < -0.4 is 0 Å². The van der Waals surface area contributed by atoms with Crippen molar-refractivity contribution in [3.63, 3.8) is 0 Å². The van der Waals surface area contributed by atoms with E-state index in [1.165, 1.54) is 35.4 Å². The van der Waals surface area contributed by atoms with Crippen LogP contribution in [0.1, 0.15) is 40.4 Å². The van der Waals surface area contributed by atoms with E-state index < -0.39 is 21.6 Å². The number of rotatable bonds is 6. The van der Waals surface area contributed by atoms with Gasteiger partial charge in [-0.05, 0) is 81.7 Å². The number of carbonyl (C=O) groups excluding carboxylic acids is 1. The van der Waals surface area contributed by atoms with Gasteiger partial charge in [0.05, 0.1) is 10.4 Å². The number of halogens is 1. The number of benzene rings is 2. The van der Waals surface area contributed by atoms with Gasteiger partial charge in [0.1, 0.15) is 23.2 Å². The Kier molecular flexibility index (Phi) is 7.03. The number of likely N-dealkylation sites (tertiary alicyclic amines) is 1. The summed E-state index contributed by atoms with van der Waals surface area (Å²) in [4.78, 5) is 17.1. The van der Waals surface area contributed by atoms with E-state index in [2.05, 4.69) is 4.90 Å². The van der Waals surface area contributed by atoms with Crippen molar-refractivity contribution in [2.75, 3.05) is 34.2 Å². The van der Waals surface area contributed by atoms with Crippen molar-refractivity contribution in [3.8, 4) is 6.07 Å². The Balaban J connectivity index is 1.96. The first-order chi connectivity index (χ1) is 17.0. The lowest BCUT2D eigenvalue weighted by Gasteiger charge is -2.29. The molecule has 0 radical (unpaired) electrons. The smallest absolute Gasteiger partial charge is 0.268 e. The largest absolute Gasteiger partial charge is 0.382 e. The predicted molar refractivity (Wildman–Crippen MR) is 137 cm³/mol. The fraction of sp³-hybridized carbons (Fsp3) is 0.333. The van der Waals surface area contributed by atoms with E-state index in [-0.39, 0.29) is 27.6 Å². The second-order valence-electron chi connectivity index (χ2n) is 9.57. The van der Waals surface area contributed by atoms with Gasteiger partial charge in [-0.25, -0.2) is 16.8 Å². The maximum atomic E-state index is 15.5. The molecule has 0 saturated carbocycles. The molecule has 2 aromatic carbocycles. The number of carbonyl (C=O) groups is 1. The lowest BCUT2D eigenvalue weighted by molar-refractivity contribution is 0.103. The van der Waals surface area contributed by atoms with Crippen molar-refractivity contribution in [2.24, 2.45) is 0 Å². The monoisotopic (exact) mass is 508 g/mol. The van der Waals surface area contributed by atoms with Crippen LogP contribution in [0.2, 0.25) is 0 Å². The number of hydrogen-bond donors (Lipinski definition) is 0. The summed E-state index contributed by atoms with van der Waals surface area (Å²) in [5.41, 5.74) is 1.02. The van der Waals surface area contributed by atoms with Crippen molar-refractivity contribution in [2.45, 2.75) is 30.6 Å². The lowest BCUT2D eigenvalue weighted by atomic mass is 9.88. The van der Waals surface area contributed by atoms with E-state index in [0.717, 1.165) is 35.5 Å². The maximum absolute atomic E-state index is 15.5. The van der Waals surface area contributed by atoms with Crippen molar-refractivity contribution in [3.05, 3.63) is 76.9 Å². The van der Waals surface area contributed by atoms with Crippen LogP contribution in [0.15, 0.2) is 59.1 Å². The number of nitrogens with zero attached hydrogens (tertiary/aromatic N) is 4. The zero-order valence-electron chi connectivity index (χ0n) is 20.8. The Morgan fingerprint density at radius 3 is 2.36 bits per heavy atom. The molecule has 0 amide bonds. The zero-order chi connectivity index (χ0) is 26.2. The minimum atomic E-state index is -4.27. The van der Waals surface area contributed by atoms with Gasteiger partial charge in [0.25, 0.3) is 10.0 Å². The van der Waals surface area contributed by atoms with Crippen LogP contribution in [0.25, 0.3) is 10.9 Å². The Morgan fingerprint density at radius 2 is 1.78 bits per heavy atom. The van der Waals surface area contributed by atoms with E-state index in [1.54, 1.807) is 32.3 Å². The molecule has 0 aliphatic carbocycles. The number of ketones is 1. The Hall–Kier alpha value is -3.48. The summed E-state index contributed by atoms with van der Waals surface area (Å²) in [7, 11) is 1.07. The number of nitriles is 1. The number of piperidine rings is 1. The van der Waals surface area contributed by atoms with Crippen LogP contribution in [0, 0.1) is 24.1 Å². The topological polar surface area (TPSA) is 86.4 Å². The van der Waals surface area contributed by atoms with Crippen molar-refractivity contribution < 1.29 is 17.6 Å². The highest BCUT2D eigenvalue weighted by Crippen LogP contribution is 2.35. The highest BCUT2D eigenvalue weighted by Gasteiger charge is 2.30. The molecule has 0 spiro atoms. The number of aryl methyl sites for hydroxylation is 1. The minimum Gasteiger partial charge on any atom is -0.382 e. The third-order valence-corrected chi connectivity index (χ3v) is 8.32. The molecule has 36 heavy (non-hydrogen) atoms. The molecular formula is C27H29FN4O3S. The average molecular weight is 509 g/mol. The highest BCUT2D eigenvalue weighted by atomic mass is 32.2. The van der Waals surface area contributed by atoms with Gasteiger partial charge in [0.2, 0.25) is 5.78 Å². The summed E-state index contributed by atoms with van der Waals surface area (Å²) < 4.78 is 43.9. The van der Waals surface area contributed by atoms with Gasteiger partial charge in [-0.3, -0.25) is 4.79 Å². The van der Waals surface area contributed by atoms with Gasteiger partial charge in [0, 0.05) is 25.7 Å². The summed E-state index contributed by atoms with van der Waals surface area (Å²) in [5, 5.41) is 10.1. The number of aromatic nitrogens is 1. The average Bonchev–Trinajstić information content (AvgIpc) is 3.21. The van der Waals surface area contributed by atoms with Crippen molar-refractivity contribution in [1.29, 1.82) is 5.26 Å². The number of Topliss-reactive ketones (excluding diaryl/α,β-unsaturated/α-hetero) is 1. The third-order valence-electron chi connectivity index (χ3n) is 6.58. The summed E-state index contributed by atoms with van der Waals surface area (Å²) in [5.74, 6) is -1.25. The second-order valence-corrected chi connectivity index (χ2v) is 11.4. The van der Waals surface area contributed by atoms with Gasteiger partial charge < -0.3 is 9.80 Å². The molecule has 1 fully saturated rings. The van der Waals surface area contributed by atoms with Crippen LogP contribution in [0.4, 0.5) is 4.39 Å². The Bertz CT molecular complexity index is 1490.